The molecule has 2 amide bonds. The highest BCUT2D eigenvalue weighted by Crippen LogP contribution is 2.32. The van der Waals surface area contributed by atoms with Crippen LogP contribution in [0.5, 0.6) is 0 Å². The third-order valence-corrected chi connectivity index (χ3v) is 6.16. The average Bonchev–Trinajstić information content (AvgIpc) is 3.17. The van der Waals surface area contributed by atoms with Crippen LogP contribution in [-0.4, -0.2) is 36.3 Å². The fraction of sp³-hybridized carbons (Fsp3) is 0.619. The van der Waals surface area contributed by atoms with Crippen LogP contribution in [0.1, 0.15) is 61.7 Å². The van der Waals surface area contributed by atoms with Gasteiger partial charge in [-0.15, -0.1) is 0 Å². The monoisotopic (exact) mass is 357 g/mol. The predicted molar refractivity (Wildman–Crippen MR) is 104 cm³/mol. The minimum atomic E-state index is -0.0424. The van der Waals surface area contributed by atoms with Crippen LogP contribution in [0.3, 0.4) is 0 Å². The molecular weight excluding hydrogens is 326 g/mol. The zero-order chi connectivity index (χ0) is 18.5. The summed E-state index contributed by atoms with van der Waals surface area (Å²) >= 11 is 0. The standard InChI is InChI=1S/C21H31N3O2/c1-24(16-9-3-2-4-10-16)21(26)18-11-5-6-13-19(18)23-20(25)17-12-7-8-15(17)14-22/h5-6,11,13,15-17H,2-4,7-10,12,14,22H2,1H3,(H,23,25)/t15-,17-/m1/s1. The van der Waals surface area contributed by atoms with Crippen LogP contribution >= 0.6 is 0 Å². The lowest BCUT2D eigenvalue weighted by Gasteiger charge is -2.31. The van der Waals surface area contributed by atoms with Gasteiger partial charge in [-0.3, -0.25) is 9.59 Å². The molecule has 26 heavy (non-hydrogen) atoms. The van der Waals surface area contributed by atoms with Crippen molar-refractivity contribution in [2.45, 2.75) is 57.4 Å². The van der Waals surface area contributed by atoms with Crippen LogP contribution in [-0.2, 0) is 4.79 Å². The van der Waals surface area contributed by atoms with Gasteiger partial charge in [0.15, 0.2) is 0 Å². The molecule has 2 fully saturated rings. The number of hydrogen-bond acceptors (Lipinski definition) is 3. The fourth-order valence-corrected chi connectivity index (χ4v) is 4.49. The van der Waals surface area contributed by atoms with Crippen molar-refractivity contribution in [3.63, 3.8) is 0 Å². The third kappa shape index (κ3) is 4.09. The van der Waals surface area contributed by atoms with Gasteiger partial charge in [0.05, 0.1) is 11.3 Å². The van der Waals surface area contributed by atoms with E-state index < -0.39 is 0 Å². The van der Waals surface area contributed by atoms with Crippen molar-refractivity contribution in [1.29, 1.82) is 0 Å². The van der Waals surface area contributed by atoms with E-state index in [0.29, 0.717) is 23.8 Å². The van der Waals surface area contributed by atoms with Crippen molar-refractivity contribution in [2.75, 3.05) is 18.9 Å². The van der Waals surface area contributed by atoms with Crippen molar-refractivity contribution in [2.24, 2.45) is 17.6 Å². The van der Waals surface area contributed by atoms with Crippen LogP contribution in [0, 0.1) is 11.8 Å². The molecule has 2 atom stereocenters. The van der Waals surface area contributed by atoms with Gasteiger partial charge in [0.25, 0.3) is 5.91 Å². The number of amides is 2. The van der Waals surface area contributed by atoms with E-state index in [1.807, 2.05) is 36.2 Å². The smallest absolute Gasteiger partial charge is 0.255 e. The van der Waals surface area contributed by atoms with E-state index in [0.717, 1.165) is 32.1 Å². The molecule has 0 spiro atoms. The number of hydrogen-bond donors (Lipinski definition) is 2. The van der Waals surface area contributed by atoms with Crippen LogP contribution in [0.2, 0.25) is 0 Å². The normalized spacial score (nSPS) is 23.6. The van der Waals surface area contributed by atoms with Gasteiger partial charge >= 0.3 is 0 Å². The first kappa shape index (κ1) is 18.9. The second-order valence-corrected chi connectivity index (χ2v) is 7.78. The fourth-order valence-electron chi connectivity index (χ4n) is 4.49. The van der Waals surface area contributed by atoms with Crippen molar-refractivity contribution < 1.29 is 9.59 Å². The number of carbonyl (C=O) groups excluding carboxylic acids is 2. The number of nitrogens with one attached hydrogen (secondary N) is 1. The van der Waals surface area contributed by atoms with Crippen molar-refractivity contribution >= 4 is 17.5 Å². The third-order valence-electron chi connectivity index (χ3n) is 6.16. The number of para-hydroxylation sites is 1. The molecule has 1 aromatic rings. The van der Waals surface area contributed by atoms with E-state index in [1.165, 1.54) is 19.3 Å². The largest absolute Gasteiger partial charge is 0.339 e. The van der Waals surface area contributed by atoms with Crippen molar-refractivity contribution in [3.05, 3.63) is 29.8 Å². The highest BCUT2D eigenvalue weighted by Gasteiger charge is 2.32. The second-order valence-electron chi connectivity index (χ2n) is 7.78. The Morgan fingerprint density at radius 1 is 1.08 bits per heavy atom. The topological polar surface area (TPSA) is 75.4 Å². The molecule has 2 aliphatic carbocycles. The van der Waals surface area contributed by atoms with Crippen molar-refractivity contribution in [3.8, 4) is 0 Å². The highest BCUT2D eigenvalue weighted by molar-refractivity contribution is 6.04. The Labute approximate surface area is 156 Å². The summed E-state index contributed by atoms with van der Waals surface area (Å²) in [5.74, 6) is 0.204. The molecule has 0 aromatic heterocycles. The molecule has 2 saturated carbocycles. The van der Waals surface area contributed by atoms with Crippen LogP contribution in [0.15, 0.2) is 24.3 Å². The summed E-state index contributed by atoms with van der Waals surface area (Å²) in [4.78, 5) is 27.6. The Morgan fingerprint density at radius 3 is 2.54 bits per heavy atom. The minimum absolute atomic E-state index is 0.00137. The Morgan fingerprint density at radius 2 is 1.81 bits per heavy atom. The molecule has 142 valence electrons. The molecule has 2 aliphatic rings. The Balaban J connectivity index is 1.73. The van der Waals surface area contributed by atoms with Crippen LogP contribution in [0.4, 0.5) is 5.69 Å². The van der Waals surface area contributed by atoms with Gasteiger partial charge in [-0.25, -0.2) is 0 Å². The lowest BCUT2D eigenvalue weighted by Crippen LogP contribution is -2.39. The number of anilines is 1. The second kappa shape index (κ2) is 8.67. The molecule has 3 rings (SSSR count). The summed E-state index contributed by atoms with van der Waals surface area (Å²) in [6.07, 6.45) is 8.70. The van der Waals surface area contributed by atoms with Crippen molar-refractivity contribution in [1.82, 2.24) is 4.90 Å². The maximum Gasteiger partial charge on any atom is 0.255 e. The maximum absolute atomic E-state index is 13.0. The van der Waals surface area contributed by atoms with Gasteiger partial charge in [0.2, 0.25) is 5.91 Å². The van der Waals surface area contributed by atoms with E-state index in [4.69, 9.17) is 5.73 Å². The van der Waals surface area contributed by atoms with Crippen LogP contribution < -0.4 is 11.1 Å². The Bertz CT molecular complexity index is 640. The molecule has 0 unspecified atom stereocenters. The first-order valence-corrected chi connectivity index (χ1v) is 9.99. The summed E-state index contributed by atoms with van der Waals surface area (Å²) in [5, 5.41) is 3.01. The predicted octanol–water partition coefficient (Wildman–Crippen LogP) is 3.40. The zero-order valence-corrected chi connectivity index (χ0v) is 15.7. The maximum atomic E-state index is 13.0. The van der Waals surface area contributed by atoms with E-state index >= 15 is 0 Å². The molecule has 5 heteroatoms. The molecule has 0 bridgehead atoms. The summed E-state index contributed by atoms with van der Waals surface area (Å²) in [5.41, 5.74) is 7.01. The molecule has 0 heterocycles. The van der Waals surface area contributed by atoms with Crippen LogP contribution in [0.25, 0.3) is 0 Å². The summed E-state index contributed by atoms with van der Waals surface area (Å²) in [7, 11) is 1.89. The van der Waals surface area contributed by atoms with E-state index in [2.05, 4.69) is 5.32 Å². The summed E-state index contributed by atoms with van der Waals surface area (Å²) < 4.78 is 0. The Hall–Kier alpha value is -1.88. The molecule has 0 radical (unpaired) electrons. The minimum Gasteiger partial charge on any atom is -0.339 e. The average molecular weight is 357 g/mol. The van der Waals surface area contributed by atoms with Gasteiger partial charge in [-0.1, -0.05) is 37.8 Å². The number of nitrogens with zero attached hydrogens (tertiary/aromatic N) is 1. The number of nitrogens with two attached hydrogens (primary N) is 1. The van der Waals surface area contributed by atoms with Gasteiger partial charge in [0.1, 0.15) is 0 Å². The number of benzene rings is 1. The first-order valence-electron chi connectivity index (χ1n) is 9.99. The lowest BCUT2D eigenvalue weighted by molar-refractivity contribution is -0.120. The zero-order valence-electron chi connectivity index (χ0n) is 15.7. The number of rotatable bonds is 5. The van der Waals surface area contributed by atoms with E-state index in [9.17, 15) is 9.59 Å². The van der Waals surface area contributed by atoms with E-state index in [-0.39, 0.29) is 23.7 Å². The van der Waals surface area contributed by atoms with Gasteiger partial charge in [0, 0.05) is 19.0 Å². The highest BCUT2D eigenvalue weighted by atomic mass is 16.2. The molecule has 3 N–H and O–H groups in total. The summed E-state index contributed by atoms with van der Waals surface area (Å²) in [6.45, 7) is 0.545. The first-order chi connectivity index (χ1) is 12.6. The molecule has 0 aliphatic heterocycles. The molecule has 0 saturated heterocycles. The quantitative estimate of drug-likeness (QED) is 0.848. The Kier molecular flexibility index (Phi) is 6.30. The lowest BCUT2D eigenvalue weighted by atomic mass is 9.94. The molecule has 5 nitrogen and oxygen atoms in total. The van der Waals surface area contributed by atoms with Gasteiger partial charge in [-0.05, 0) is 50.3 Å². The van der Waals surface area contributed by atoms with Gasteiger partial charge < -0.3 is 16.0 Å². The summed E-state index contributed by atoms with van der Waals surface area (Å²) in [6, 6.07) is 7.66. The SMILES string of the molecule is CN(C(=O)c1ccccc1NC(=O)[C@@H]1CCC[C@@H]1CN)C1CCCCC1. The molecular formula is C21H31N3O2. The van der Waals surface area contributed by atoms with E-state index in [1.54, 1.807) is 0 Å². The number of carbonyl (C=O) groups is 2. The molecule has 1 aromatic carbocycles. The van der Waals surface area contributed by atoms with Gasteiger partial charge in [-0.2, -0.15) is 0 Å².